The molecule has 1 atom stereocenters. The number of nitro groups is 1. The van der Waals surface area contributed by atoms with Gasteiger partial charge in [-0.25, -0.2) is 4.57 Å². The van der Waals surface area contributed by atoms with Crippen LogP contribution < -0.4 is 5.32 Å². The Kier molecular flexibility index (Phi) is 3.48. The molecular weight excluding hydrogens is 250 g/mol. The van der Waals surface area contributed by atoms with E-state index in [4.69, 9.17) is 5.26 Å². The SMILES string of the molecule is Cn1c(C(=O)N2CCNCC2C#N)ccc1[N+](=O)[O-]. The summed E-state index contributed by atoms with van der Waals surface area (Å²) < 4.78 is 1.23. The van der Waals surface area contributed by atoms with Crippen LogP contribution in [-0.2, 0) is 7.05 Å². The lowest BCUT2D eigenvalue weighted by Gasteiger charge is -2.31. The van der Waals surface area contributed by atoms with Gasteiger partial charge >= 0.3 is 5.82 Å². The number of hydrogen-bond acceptors (Lipinski definition) is 5. The second kappa shape index (κ2) is 5.07. The fourth-order valence-electron chi connectivity index (χ4n) is 2.11. The number of nitriles is 1. The fourth-order valence-corrected chi connectivity index (χ4v) is 2.11. The predicted octanol–water partition coefficient (Wildman–Crippen LogP) is -0.129. The first kappa shape index (κ1) is 13.0. The molecule has 0 aromatic carbocycles. The first-order valence-corrected chi connectivity index (χ1v) is 5.77. The minimum Gasteiger partial charge on any atom is -0.358 e. The van der Waals surface area contributed by atoms with Crippen molar-refractivity contribution in [3.8, 4) is 6.07 Å². The van der Waals surface area contributed by atoms with Crippen LogP contribution in [0.3, 0.4) is 0 Å². The normalized spacial score (nSPS) is 18.9. The van der Waals surface area contributed by atoms with Gasteiger partial charge in [-0.3, -0.25) is 4.79 Å². The maximum Gasteiger partial charge on any atom is 0.323 e. The summed E-state index contributed by atoms with van der Waals surface area (Å²) in [7, 11) is 1.47. The minimum absolute atomic E-state index is 0.146. The lowest BCUT2D eigenvalue weighted by molar-refractivity contribution is -0.391. The van der Waals surface area contributed by atoms with Crippen molar-refractivity contribution in [3.05, 3.63) is 27.9 Å². The summed E-state index contributed by atoms with van der Waals surface area (Å²) in [5.41, 5.74) is 0.217. The van der Waals surface area contributed by atoms with Crippen LogP contribution in [0.1, 0.15) is 10.5 Å². The van der Waals surface area contributed by atoms with Gasteiger partial charge in [0, 0.05) is 25.7 Å². The molecule has 0 spiro atoms. The van der Waals surface area contributed by atoms with E-state index in [0.29, 0.717) is 19.6 Å². The van der Waals surface area contributed by atoms with Gasteiger partial charge in [0.15, 0.2) is 5.69 Å². The van der Waals surface area contributed by atoms with Crippen molar-refractivity contribution in [2.24, 2.45) is 7.05 Å². The van der Waals surface area contributed by atoms with Crippen LogP contribution in [0, 0.1) is 21.4 Å². The molecule has 2 rings (SSSR count). The topological polar surface area (TPSA) is 104 Å². The van der Waals surface area contributed by atoms with Gasteiger partial charge < -0.3 is 20.3 Å². The first-order chi connectivity index (χ1) is 9.06. The average Bonchev–Trinajstić information content (AvgIpc) is 2.80. The molecule has 2 heterocycles. The number of carbonyl (C=O) groups excluding carboxylic acids is 1. The molecule has 19 heavy (non-hydrogen) atoms. The van der Waals surface area contributed by atoms with E-state index in [-0.39, 0.29) is 17.4 Å². The molecule has 1 aromatic heterocycles. The Morgan fingerprint density at radius 1 is 1.63 bits per heavy atom. The van der Waals surface area contributed by atoms with Crippen LogP contribution in [0.4, 0.5) is 5.82 Å². The van der Waals surface area contributed by atoms with Gasteiger partial charge in [-0.15, -0.1) is 0 Å². The molecule has 8 heteroatoms. The molecule has 0 radical (unpaired) electrons. The summed E-state index contributed by atoms with van der Waals surface area (Å²) in [6.45, 7) is 1.43. The monoisotopic (exact) mass is 263 g/mol. The van der Waals surface area contributed by atoms with Crippen LogP contribution in [0.2, 0.25) is 0 Å². The Labute approximate surface area is 109 Å². The fraction of sp³-hybridized carbons (Fsp3) is 0.455. The van der Waals surface area contributed by atoms with Gasteiger partial charge in [-0.2, -0.15) is 5.26 Å². The standard InChI is InChI=1S/C11H13N5O3/c1-14-9(2-3-10(14)16(18)19)11(17)15-5-4-13-7-8(15)6-12/h2-3,8,13H,4-5,7H2,1H3. The van der Waals surface area contributed by atoms with Crippen molar-refractivity contribution in [2.75, 3.05) is 19.6 Å². The summed E-state index contributed by atoms with van der Waals surface area (Å²) in [6, 6.07) is 4.21. The smallest absolute Gasteiger partial charge is 0.323 e. The van der Waals surface area contributed by atoms with E-state index in [9.17, 15) is 14.9 Å². The quantitative estimate of drug-likeness (QED) is 0.591. The summed E-state index contributed by atoms with van der Waals surface area (Å²) in [6.07, 6.45) is 0. The summed E-state index contributed by atoms with van der Waals surface area (Å²) in [4.78, 5) is 24.0. The number of piperazine rings is 1. The van der Waals surface area contributed by atoms with E-state index in [2.05, 4.69) is 11.4 Å². The highest BCUT2D eigenvalue weighted by molar-refractivity contribution is 5.93. The molecule has 1 aliphatic rings. The van der Waals surface area contributed by atoms with Gasteiger partial charge in [-0.05, 0) is 11.0 Å². The number of rotatable bonds is 2. The molecule has 0 bridgehead atoms. The zero-order valence-electron chi connectivity index (χ0n) is 10.4. The van der Waals surface area contributed by atoms with Gasteiger partial charge in [0.25, 0.3) is 5.91 Å². The van der Waals surface area contributed by atoms with E-state index in [1.165, 1.54) is 28.6 Å². The van der Waals surface area contributed by atoms with Crippen LogP contribution in [0.15, 0.2) is 12.1 Å². The molecule has 0 aliphatic carbocycles. The van der Waals surface area contributed by atoms with Crippen molar-refractivity contribution in [1.82, 2.24) is 14.8 Å². The average molecular weight is 263 g/mol. The summed E-state index contributed by atoms with van der Waals surface area (Å²) >= 11 is 0. The lowest BCUT2D eigenvalue weighted by Crippen LogP contribution is -2.53. The first-order valence-electron chi connectivity index (χ1n) is 5.77. The molecule has 0 saturated carbocycles. The van der Waals surface area contributed by atoms with Crippen molar-refractivity contribution >= 4 is 11.7 Å². The molecule has 1 saturated heterocycles. The summed E-state index contributed by atoms with van der Waals surface area (Å²) in [5, 5.41) is 22.8. The second-order valence-corrected chi connectivity index (χ2v) is 4.24. The van der Waals surface area contributed by atoms with Crippen molar-refractivity contribution in [1.29, 1.82) is 5.26 Å². The molecule has 1 fully saturated rings. The van der Waals surface area contributed by atoms with Crippen molar-refractivity contribution < 1.29 is 9.72 Å². The van der Waals surface area contributed by atoms with Crippen LogP contribution in [-0.4, -0.2) is 46.0 Å². The number of hydrogen-bond donors (Lipinski definition) is 1. The molecule has 1 N–H and O–H groups in total. The number of aromatic nitrogens is 1. The molecule has 1 aliphatic heterocycles. The van der Waals surface area contributed by atoms with Gasteiger partial charge in [-0.1, -0.05) is 0 Å². The Morgan fingerprint density at radius 3 is 2.95 bits per heavy atom. The molecule has 1 aromatic rings. The van der Waals surface area contributed by atoms with Gasteiger partial charge in [0.2, 0.25) is 0 Å². The minimum atomic E-state index is -0.546. The Balaban J connectivity index is 2.29. The highest BCUT2D eigenvalue weighted by Crippen LogP contribution is 2.18. The zero-order valence-corrected chi connectivity index (χ0v) is 10.4. The third kappa shape index (κ3) is 2.28. The summed E-state index contributed by atoms with van der Waals surface area (Å²) in [5.74, 6) is -0.504. The van der Waals surface area contributed by atoms with E-state index >= 15 is 0 Å². The molecule has 8 nitrogen and oxygen atoms in total. The molecular formula is C11H13N5O3. The second-order valence-electron chi connectivity index (χ2n) is 4.24. The van der Waals surface area contributed by atoms with E-state index in [1.54, 1.807) is 0 Å². The predicted molar refractivity (Wildman–Crippen MR) is 65.4 cm³/mol. The van der Waals surface area contributed by atoms with E-state index in [1.807, 2.05) is 0 Å². The largest absolute Gasteiger partial charge is 0.358 e. The Morgan fingerprint density at radius 2 is 2.37 bits per heavy atom. The Hall–Kier alpha value is -2.40. The number of nitrogens with zero attached hydrogens (tertiary/aromatic N) is 4. The molecule has 100 valence electrons. The highest BCUT2D eigenvalue weighted by atomic mass is 16.6. The lowest BCUT2D eigenvalue weighted by atomic mass is 10.2. The van der Waals surface area contributed by atoms with Crippen LogP contribution >= 0.6 is 0 Å². The van der Waals surface area contributed by atoms with E-state index < -0.39 is 11.0 Å². The van der Waals surface area contributed by atoms with Crippen molar-refractivity contribution in [2.45, 2.75) is 6.04 Å². The van der Waals surface area contributed by atoms with Crippen LogP contribution in [0.5, 0.6) is 0 Å². The third-order valence-corrected chi connectivity index (χ3v) is 3.15. The van der Waals surface area contributed by atoms with Gasteiger partial charge in [0.1, 0.15) is 6.04 Å². The van der Waals surface area contributed by atoms with E-state index in [0.717, 1.165) is 0 Å². The highest BCUT2D eigenvalue weighted by Gasteiger charge is 2.31. The Bertz CT molecular complexity index is 559. The maximum atomic E-state index is 12.3. The number of carbonyl (C=O) groups is 1. The molecule has 1 amide bonds. The zero-order chi connectivity index (χ0) is 14.0. The number of nitrogens with one attached hydrogen (secondary N) is 1. The van der Waals surface area contributed by atoms with Crippen LogP contribution in [0.25, 0.3) is 0 Å². The third-order valence-electron chi connectivity index (χ3n) is 3.15. The maximum absolute atomic E-state index is 12.3. The number of amides is 1. The van der Waals surface area contributed by atoms with Crippen molar-refractivity contribution in [3.63, 3.8) is 0 Å². The molecule has 1 unspecified atom stereocenters. The van der Waals surface area contributed by atoms with Gasteiger partial charge in [0.05, 0.1) is 13.1 Å².